The van der Waals surface area contributed by atoms with Crippen molar-refractivity contribution in [1.29, 1.82) is 0 Å². The number of aliphatic carboxylic acids is 1. The molecule has 0 unspecified atom stereocenters. The number of benzene rings is 2. The minimum atomic E-state index is -1.35. The van der Waals surface area contributed by atoms with Crippen LogP contribution in [0.4, 0.5) is 0 Å². The molecule has 198 valence electrons. The van der Waals surface area contributed by atoms with Gasteiger partial charge < -0.3 is 31.1 Å². The number of carbonyl (C=O) groups excluding carboxylic acids is 3. The highest BCUT2D eigenvalue weighted by molar-refractivity contribution is 6.34. The lowest BCUT2D eigenvalue weighted by Crippen LogP contribution is -2.48. The van der Waals surface area contributed by atoms with Crippen LogP contribution in [0.1, 0.15) is 52.0 Å². The summed E-state index contributed by atoms with van der Waals surface area (Å²) in [5, 5.41) is 26.6. The van der Waals surface area contributed by atoms with Gasteiger partial charge in [-0.25, -0.2) is 4.79 Å². The van der Waals surface area contributed by atoms with Gasteiger partial charge in [0.25, 0.3) is 11.8 Å². The zero-order chi connectivity index (χ0) is 26.8. The van der Waals surface area contributed by atoms with Gasteiger partial charge in [-0.3, -0.25) is 14.4 Å². The first-order valence-corrected chi connectivity index (χ1v) is 12.5. The Bertz CT molecular complexity index is 1140. The predicted octanol–water partition coefficient (Wildman–Crippen LogP) is 2.15. The van der Waals surface area contributed by atoms with Crippen LogP contribution in [0, 0.1) is 0 Å². The summed E-state index contributed by atoms with van der Waals surface area (Å²) in [5.74, 6) is -2.68. The van der Waals surface area contributed by atoms with Crippen molar-refractivity contribution in [3.8, 4) is 5.75 Å². The first kappa shape index (κ1) is 27.9. The number of hydrogen-bond donors (Lipinski definition) is 5. The fourth-order valence-corrected chi connectivity index (χ4v) is 4.24. The molecule has 1 aliphatic rings. The first-order valence-electron chi connectivity index (χ1n) is 12.1. The molecule has 37 heavy (non-hydrogen) atoms. The number of hydrogen-bond acceptors (Lipinski definition) is 6. The fourth-order valence-electron chi connectivity index (χ4n) is 3.97. The maximum Gasteiger partial charge on any atom is 0.328 e. The van der Waals surface area contributed by atoms with Gasteiger partial charge in [-0.2, -0.15) is 0 Å². The summed E-state index contributed by atoms with van der Waals surface area (Å²) >= 11 is 6.22. The van der Waals surface area contributed by atoms with Crippen LogP contribution in [-0.4, -0.2) is 71.0 Å². The van der Waals surface area contributed by atoms with Gasteiger partial charge in [0.1, 0.15) is 11.8 Å². The molecule has 0 spiro atoms. The monoisotopic (exact) mass is 530 g/mol. The highest BCUT2D eigenvalue weighted by atomic mass is 35.5. The second-order valence-electron chi connectivity index (χ2n) is 8.87. The van der Waals surface area contributed by atoms with E-state index in [-0.39, 0.29) is 47.3 Å². The van der Waals surface area contributed by atoms with E-state index in [0.29, 0.717) is 12.1 Å². The number of rotatable bonds is 11. The normalized spacial score (nSPS) is 14.4. The third-order valence-corrected chi connectivity index (χ3v) is 6.36. The van der Waals surface area contributed by atoms with Gasteiger partial charge in [-0.1, -0.05) is 30.2 Å². The van der Waals surface area contributed by atoms with Crippen LogP contribution in [0.25, 0.3) is 0 Å². The molecule has 0 aliphatic carbocycles. The fraction of sp³-hybridized carbons (Fsp3) is 0.385. The molecule has 1 fully saturated rings. The smallest absolute Gasteiger partial charge is 0.328 e. The van der Waals surface area contributed by atoms with E-state index in [2.05, 4.69) is 20.9 Å². The molecule has 1 saturated heterocycles. The van der Waals surface area contributed by atoms with E-state index in [9.17, 15) is 29.4 Å². The van der Waals surface area contributed by atoms with Crippen molar-refractivity contribution in [2.24, 2.45) is 0 Å². The van der Waals surface area contributed by atoms with Gasteiger partial charge in [0, 0.05) is 31.6 Å². The quantitative estimate of drug-likeness (QED) is 0.299. The van der Waals surface area contributed by atoms with E-state index in [1.807, 2.05) is 0 Å². The van der Waals surface area contributed by atoms with Gasteiger partial charge in [-0.15, -0.1) is 0 Å². The van der Waals surface area contributed by atoms with Crippen LogP contribution in [-0.2, 0) is 16.1 Å². The molecule has 0 bridgehead atoms. The van der Waals surface area contributed by atoms with Crippen molar-refractivity contribution in [3.63, 3.8) is 0 Å². The summed E-state index contributed by atoms with van der Waals surface area (Å²) in [4.78, 5) is 51.2. The van der Waals surface area contributed by atoms with Gasteiger partial charge in [0.05, 0.1) is 10.6 Å². The van der Waals surface area contributed by atoms with Crippen LogP contribution < -0.4 is 16.0 Å². The highest BCUT2D eigenvalue weighted by Crippen LogP contribution is 2.19. The SMILES string of the molecule is O=C(CCN1CCCCC1)NC[C@H](NC(=O)c1ccc(C(=O)NCc2cccc(O)c2)cc1Cl)C(=O)O. The van der Waals surface area contributed by atoms with Crippen molar-refractivity contribution < 1.29 is 29.4 Å². The zero-order valence-electron chi connectivity index (χ0n) is 20.3. The summed E-state index contributed by atoms with van der Waals surface area (Å²) in [6.45, 7) is 2.43. The number of piperidine rings is 1. The molecule has 10 nitrogen and oxygen atoms in total. The van der Waals surface area contributed by atoms with Gasteiger partial charge >= 0.3 is 5.97 Å². The number of amides is 3. The third kappa shape index (κ3) is 8.76. The Morgan fingerprint density at radius 2 is 1.73 bits per heavy atom. The highest BCUT2D eigenvalue weighted by Gasteiger charge is 2.23. The number of carboxylic acid groups (broad SMARTS) is 1. The molecule has 0 saturated carbocycles. The number of likely N-dealkylation sites (tertiary alicyclic amines) is 1. The Labute approximate surface area is 220 Å². The molecular formula is C26H31ClN4O6. The Morgan fingerprint density at radius 3 is 2.41 bits per heavy atom. The van der Waals surface area contributed by atoms with Gasteiger partial charge in [-0.05, 0) is 61.8 Å². The number of aromatic hydroxyl groups is 1. The van der Waals surface area contributed by atoms with E-state index in [4.69, 9.17) is 11.6 Å². The molecule has 0 aromatic heterocycles. The van der Waals surface area contributed by atoms with E-state index in [0.717, 1.165) is 25.9 Å². The number of carbonyl (C=O) groups is 4. The van der Waals surface area contributed by atoms with Crippen molar-refractivity contribution in [2.45, 2.75) is 38.3 Å². The maximum atomic E-state index is 12.7. The molecule has 11 heteroatoms. The minimum absolute atomic E-state index is 0.00567. The van der Waals surface area contributed by atoms with Crippen LogP contribution in [0.15, 0.2) is 42.5 Å². The summed E-state index contributed by atoms with van der Waals surface area (Å²) < 4.78 is 0. The Morgan fingerprint density at radius 1 is 0.973 bits per heavy atom. The lowest BCUT2D eigenvalue weighted by molar-refractivity contribution is -0.139. The molecule has 1 aliphatic heterocycles. The summed E-state index contributed by atoms with van der Waals surface area (Å²) in [7, 11) is 0. The lowest BCUT2D eigenvalue weighted by atomic mass is 10.1. The van der Waals surface area contributed by atoms with Crippen molar-refractivity contribution in [3.05, 3.63) is 64.2 Å². The zero-order valence-corrected chi connectivity index (χ0v) is 21.1. The van der Waals surface area contributed by atoms with Crippen LogP contribution >= 0.6 is 11.6 Å². The maximum absolute atomic E-state index is 12.7. The Kier molecular flexibility index (Phi) is 10.3. The largest absolute Gasteiger partial charge is 0.508 e. The third-order valence-electron chi connectivity index (χ3n) is 6.05. The molecule has 3 rings (SSSR count). The Hall–Kier alpha value is -3.63. The second kappa shape index (κ2) is 13.6. The minimum Gasteiger partial charge on any atom is -0.508 e. The number of carboxylic acids is 1. The lowest BCUT2D eigenvalue weighted by Gasteiger charge is -2.26. The van der Waals surface area contributed by atoms with Crippen molar-refractivity contribution in [1.82, 2.24) is 20.9 Å². The standard InChI is InChI=1S/C26H31ClN4O6/c27-21-14-18(24(34)29-15-17-5-4-6-19(32)13-17)7-8-20(21)25(35)30-22(26(36)37)16-28-23(33)9-12-31-10-2-1-3-11-31/h4-8,13-14,22,32H,1-3,9-12,15-16H2,(H,28,33)(H,29,34)(H,30,35)(H,36,37)/t22-/m0/s1. The summed E-state index contributed by atoms with van der Waals surface area (Å²) in [6, 6.07) is 9.14. The predicted molar refractivity (Wildman–Crippen MR) is 138 cm³/mol. The molecule has 1 heterocycles. The van der Waals surface area contributed by atoms with E-state index >= 15 is 0 Å². The van der Waals surface area contributed by atoms with Crippen LogP contribution in [0.5, 0.6) is 5.75 Å². The first-order chi connectivity index (χ1) is 17.7. The molecule has 3 amide bonds. The van der Waals surface area contributed by atoms with Crippen molar-refractivity contribution >= 4 is 35.3 Å². The Balaban J connectivity index is 1.51. The molecule has 0 radical (unpaired) electrons. The second-order valence-corrected chi connectivity index (χ2v) is 9.28. The number of halogens is 1. The average molecular weight is 531 g/mol. The number of phenolic OH excluding ortho intramolecular Hbond substituents is 1. The topological polar surface area (TPSA) is 148 Å². The number of phenols is 1. The van der Waals surface area contributed by atoms with Gasteiger partial charge in [0.2, 0.25) is 5.91 Å². The van der Waals surface area contributed by atoms with Gasteiger partial charge in [0.15, 0.2) is 0 Å². The average Bonchev–Trinajstić information content (AvgIpc) is 2.88. The van der Waals surface area contributed by atoms with Crippen LogP contribution in [0.3, 0.4) is 0 Å². The molecule has 2 aromatic rings. The van der Waals surface area contributed by atoms with E-state index in [1.165, 1.54) is 36.8 Å². The summed E-state index contributed by atoms with van der Waals surface area (Å²) in [6.07, 6.45) is 3.67. The molecule has 5 N–H and O–H groups in total. The number of nitrogens with one attached hydrogen (secondary N) is 3. The van der Waals surface area contributed by atoms with Crippen LogP contribution in [0.2, 0.25) is 5.02 Å². The molecule has 2 aromatic carbocycles. The molecule has 1 atom stereocenters. The van der Waals surface area contributed by atoms with E-state index in [1.54, 1.807) is 12.1 Å². The summed E-state index contributed by atoms with van der Waals surface area (Å²) in [5.41, 5.74) is 0.903. The number of nitrogens with zero attached hydrogens (tertiary/aromatic N) is 1. The van der Waals surface area contributed by atoms with Crippen molar-refractivity contribution in [2.75, 3.05) is 26.2 Å². The van der Waals surface area contributed by atoms with E-state index < -0.39 is 23.8 Å². The molecular weight excluding hydrogens is 500 g/mol.